The number of amides is 1. The molecule has 180 valence electrons. The van der Waals surface area contributed by atoms with Gasteiger partial charge in [0.05, 0.1) is 33.6 Å². The van der Waals surface area contributed by atoms with Crippen molar-refractivity contribution in [3.05, 3.63) is 95.9 Å². The van der Waals surface area contributed by atoms with Gasteiger partial charge < -0.3 is 5.32 Å². The number of benzene rings is 2. The molecule has 0 saturated carbocycles. The molecule has 2 heterocycles. The Labute approximate surface area is 199 Å². The van der Waals surface area contributed by atoms with Gasteiger partial charge in [-0.05, 0) is 54.1 Å². The lowest BCUT2D eigenvalue weighted by molar-refractivity contribution is -0.137. The van der Waals surface area contributed by atoms with Gasteiger partial charge in [0.15, 0.2) is 9.84 Å². The number of hydrogen-bond acceptors (Lipinski definition) is 5. The molecule has 0 aliphatic heterocycles. The highest BCUT2D eigenvalue weighted by molar-refractivity contribution is 7.90. The van der Waals surface area contributed by atoms with Crippen LogP contribution in [0.15, 0.2) is 84.1 Å². The lowest BCUT2D eigenvalue weighted by Gasteiger charge is -2.09. The van der Waals surface area contributed by atoms with Gasteiger partial charge in [-0.25, -0.2) is 13.1 Å². The second-order valence-corrected chi connectivity index (χ2v) is 9.77. The summed E-state index contributed by atoms with van der Waals surface area (Å²) in [5.41, 5.74) is 1.70. The number of carbonyl (C=O) groups is 1. The second kappa shape index (κ2) is 9.34. The van der Waals surface area contributed by atoms with Crippen LogP contribution in [-0.4, -0.2) is 35.3 Å². The summed E-state index contributed by atoms with van der Waals surface area (Å²) in [4.78, 5) is 16.9. The highest BCUT2D eigenvalue weighted by Gasteiger charge is 2.30. The molecule has 0 bridgehead atoms. The van der Waals surface area contributed by atoms with Crippen molar-refractivity contribution in [3.8, 4) is 16.9 Å². The maximum absolute atomic E-state index is 12.8. The monoisotopic (exact) mass is 500 g/mol. The molecule has 2 aromatic carbocycles. The van der Waals surface area contributed by atoms with Gasteiger partial charge in [-0.1, -0.05) is 12.1 Å². The fourth-order valence-electron chi connectivity index (χ4n) is 3.28. The van der Waals surface area contributed by atoms with Crippen molar-refractivity contribution < 1.29 is 26.4 Å². The molecule has 0 fully saturated rings. The largest absolute Gasteiger partial charge is 0.416 e. The zero-order valence-corrected chi connectivity index (χ0v) is 19.1. The van der Waals surface area contributed by atoms with Crippen molar-refractivity contribution in [2.75, 3.05) is 6.26 Å². The van der Waals surface area contributed by atoms with Crippen LogP contribution in [0.5, 0.6) is 0 Å². The highest BCUT2D eigenvalue weighted by atomic mass is 32.2. The van der Waals surface area contributed by atoms with E-state index in [0.717, 1.165) is 18.4 Å². The van der Waals surface area contributed by atoms with Crippen LogP contribution in [0.4, 0.5) is 13.2 Å². The molecule has 11 heteroatoms. The van der Waals surface area contributed by atoms with Crippen molar-refractivity contribution in [1.29, 1.82) is 0 Å². The molecule has 0 radical (unpaired) electrons. The Hall–Kier alpha value is -3.99. The van der Waals surface area contributed by atoms with Gasteiger partial charge in [0.2, 0.25) is 0 Å². The van der Waals surface area contributed by atoms with Gasteiger partial charge in [-0.15, -0.1) is 0 Å². The Morgan fingerprint density at radius 1 is 1.03 bits per heavy atom. The highest BCUT2D eigenvalue weighted by Crippen LogP contribution is 2.29. The molecule has 2 aromatic heterocycles. The molecular formula is C24H19F3N4O3S. The predicted molar refractivity (Wildman–Crippen MR) is 123 cm³/mol. The number of carbonyl (C=O) groups excluding carboxylic acids is 1. The van der Waals surface area contributed by atoms with Crippen molar-refractivity contribution in [2.45, 2.75) is 17.6 Å². The van der Waals surface area contributed by atoms with E-state index >= 15 is 0 Å². The third-order valence-electron chi connectivity index (χ3n) is 5.14. The van der Waals surface area contributed by atoms with Crippen LogP contribution < -0.4 is 5.32 Å². The normalized spacial score (nSPS) is 11.9. The van der Waals surface area contributed by atoms with Crippen molar-refractivity contribution in [3.63, 3.8) is 0 Å². The number of sulfone groups is 1. The van der Waals surface area contributed by atoms with Crippen LogP contribution in [-0.2, 0) is 22.6 Å². The summed E-state index contributed by atoms with van der Waals surface area (Å²) in [7, 11) is -3.30. The van der Waals surface area contributed by atoms with E-state index in [-0.39, 0.29) is 17.0 Å². The number of nitrogens with zero attached hydrogens (tertiary/aromatic N) is 3. The van der Waals surface area contributed by atoms with Crippen LogP contribution in [0, 0.1) is 0 Å². The molecule has 0 saturated heterocycles. The molecule has 1 N–H and O–H groups in total. The number of rotatable bonds is 6. The first-order valence-electron chi connectivity index (χ1n) is 10.3. The van der Waals surface area contributed by atoms with Gasteiger partial charge in [-0.3, -0.25) is 9.78 Å². The van der Waals surface area contributed by atoms with E-state index < -0.39 is 27.5 Å². The first kappa shape index (κ1) is 24.1. The molecule has 0 atom stereocenters. The van der Waals surface area contributed by atoms with Crippen LogP contribution in [0.1, 0.15) is 21.5 Å². The van der Waals surface area contributed by atoms with E-state index in [2.05, 4.69) is 15.4 Å². The van der Waals surface area contributed by atoms with Gasteiger partial charge in [0.25, 0.3) is 5.91 Å². The SMILES string of the molecule is CS(=O)(=O)c1ccc(-n2cc(-c3ccc(C(=O)NCc4cccc(C(F)(F)F)c4)cn3)cn2)cc1. The van der Waals surface area contributed by atoms with E-state index in [0.29, 0.717) is 22.5 Å². The fourth-order valence-corrected chi connectivity index (χ4v) is 3.91. The number of aromatic nitrogens is 3. The van der Waals surface area contributed by atoms with E-state index in [1.54, 1.807) is 41.3 Å². The Kier molecular flexibility index (Phi) is 6.44. The van der Waals surface area contributed by atoms with Gasteiger partial charge in [0, 0.05) is 30.8 Å². The zero-order valence-electron chi connectivity index (χ0n) is 18.3. The van der Waals surface area contributed by atoms with Gasteiger partial charge in [-0.2, -0.15) is 18.3 Å². The van der Waals surface area contributed by atoms with Crippen molar-refractivity contribution in [1.82, 2.24) is 20.1 Å². The molecule has 0 spiro atoms. The molecule has 0 unspecified atom stereocenters. The predicted octanol–water partition coefficient (Wildman–Crippen LogP) is 4.29. The van der Waals surface area contributed by atoms with E-state index in [4.69, 9.17) is 0 Å². The van der Waals surface area contributed by atoms with Crippen LogP contribution >= 0.6 is 0 Å². The summed E-state index contributed by atoms with van der Waals surface area (Å²) in [5, 5.41) is 6.86. The molecule has 4 aromatic rings. The number of alkyl halides is 3. The fraction of sp³-hybridized carbons (Fsp3) is 0.125. The lowest BCUT2D eigenvalue weighted by atomic mass is 10.1. The van der Waals surface area contributed by atoms with E-state index in [1.807, 2.05) is 0 Å². The molecular weight excluding hydrogens is 481 g/mol. The Morgan fingerprint density at radius 2 is 1.77 bits per heavy atom. The van der Waals surface area contributed by atoms with E-state index in [9.17, 15) is 26.4 Å². The quantitative estimate of drug-likeness (QED) is 0.426. The minimum Gasteiger partial charge on any atom is -0.348 e. The van der Waals surface area contributed by atoms with Crippen molar-refractivity contribution in [2.24, 2.45) is 0 Å². The van der Waals surface area contributed by atoms with Crippen molar-refractivity contribution >= 4 is 15.7 Å². The third kappa shape index (κ3) is 5.75. The summed E-state index contributed by atoms with van der Waals surface area (Å²) >= 11 is 0. The summed E-state index contributed by atoms with van der Waals surface area (Å²) in [6.45, 7) is -0.0601. The lowest BCUT2D eigenvalue weighted by Crippen LogP contribution is -2.23. The second-order valence-electron chi connectivity index (χ2n) is 7.75. The maximum Gasteiger partial charge on any atom is 0.416 e. The number of hydrogen-bond donors (Lipinski definition) is 1. The average molecular weight is 501 g/mol. The molecule has 7 nitrogen and oxygen atoms in total. The average Bonchev–Trinajstić information content (AvgIpc) is 3.32. The van der Waals surface area contributed by atoms with Crippen LogP contribution in [0.3, 0.4) is 0 Å². The Bertz CT molecular complexity index is 1460. The Morgan fingerprint density at radius 3 is 2.40 bits per heavy atom. The van der Waals surface area contributed by atoms with Gasteiger partial charge >= 0.3 is 6.18 Å². The molecule has 0 aliphatic carbocycles. The zero-order chi connectivity index (χ0) is 25.2. The summed E-state index contributed by atoms with van der Waals surface area (Å²) in [5.74, 6) is -0.469. The third-order valence-corrected chi connectivity index (χ3v) is 6.27. The van der Waals surface area contributed by atoms with Crippen LogP contribution in [0.2, 0.25) is 0 Å². The molecule has 4 rings (SSSR count). The number of nitrogens with one attached hydrogen (secondary N) is 1. The summed E-state index contributed by atoms with van der Waals surface area (Å²) in [6, 6.07) is 14.2. The smallest absolute Gasteiger partial charge is 0.348 e. The summed E-state index contributed by atoms with van der Waals surface area (Å²) in [6.07, 6.45) is 1.35. The van der Waals surface area contributed by atoms with E-state index in [1.165, 1.54) is 30.5 Å². The number of pyridine rings is 1. The minimum atomic E-state index is -4.45. The molecule has 0 aliphatic rings. The first-order valence-corrected chi connectivity index (χ1v) is 12.2. The van der Waals surface area contributed by atoms with Gasteiger partial charge in [0.1, 0.15) is 0 Å². The number of halogens is 3. The first-order chi connectivity index (χ1) is 16.5. The maximum atomic E-state index is 12.8. The Balaban J connectivity index is 1.42. The minimum absolute atomic E-state index is 0.0601. The van der Waals surface area contributed by atoms with Crippen LogP contribution in [0.25, 0.3) is 16.9 Å². The summed E-state index contributed by atoms with van der Waals surface area (Å²) < 4.78 is 63.3. The molecule has 35 heavy (non-hydrogen) atoms. The topological polar surface area (TPSA) is 94.0 Å². The standard InChI is InChI=1S/C24H19F3N4O3S/c1-35(33,34)21-8-6-20(7-9-21)31-15-18(14-30-31)22-10-5-17(13-28-22)23(32)29-12-16-3-2-4-19(11-16)24(25,26)27/h2-11,13-15H,12H2,1H3,(H,29,32). The molecule has 1 amide bonds.